The van der Waals surface area contributed by atoms with Gasteiger partial charge in [0.25, 0.3) is 0 Å². The van der Waals surface area contributed by atoms with Gasteiger partial charge in [0.05, 0.1) is 20.8 Å². The van der Waals surface area contributed by atoms with Gasteiger partial charge in [-0.2, -0.15) is 5.10 Å². The minimum atomic E-state index is 0.256. The molecule has 1 heterocycles. The molecule has 12 heavy (non-hydrogen) atoms. The molecule has 0 saturated heterocycles. The van der Waals surface area contributed by atoms with Gasteiger partial charge < -0.3 is 5.73 Å². The Kier molecular flexibility index (Phi) is 3.45. The summed E-state index contributed by atoms with van der Waals surface area (Å²) in [4.78, 5) is 0.535. The van der Waals surface area contributed by atoms with Gasteiger partial charge in [0.2, 0.25) is 0 Å². The average Bonchev–Trinajstić information content (AvgIpc) is 2.34. The van der Waals surface area contributed by atoms with Gasteiger partial charge in [-0.05, 0) is 29.5 Å². The van der Waals surface area contributed by atoms with Crippen molar-refractivity contribution in [3.8, 4) is 0 Å². The molecule has 0 aliphatic carbocycles. The lowest BCUT2D eigenvalue weighted by molar-refractivity contribution is 0.507. The summed E-state index contributed by atoms with van der Waals surface area (Å²) in [5.41, 5.74) is 5.43. The van der Waals surface area contributed by atoms with Gasteiger partial charge in [-0.3, -0.25) is 4.68 Å². The predicted octanol–water partition coefficient (Wildman–Crippen LogP) is 1.72. The van der Waals surface area contributed by atoms with E-state index in [9.17, 15) is 0 Å². The normalized spacial score (nSPS) is 12.8. The third kappa shape index (κ3) is 2.71. The number of hydrogen-bond donors (Lipinski definition) is 1. The Bertz CT molecular complexity index is 284. The number of nitrogens with zero attached hydrogens (tertiary/aromatic N) is 2. The fourth-order valence-corrected chi connectivity index (χ4v) is 1.59. The second-order valence-electron chi connectivity index (χ2n) is 2.66. The molecule has 0 radical (unpaired) electrons. The number of hydrogen-bond acceptors (Lipinski definition) is 2. The highest BCUT2D eigenvalue weighted by atomic mass is 127. The second kappa shape index (κ2) is 4.18. The van der Waals surface area contributed by atoms with E-state index < -0.39 is 0 Å². The highest BCUT2D eigenvalue weighted by Gasteiger charge is 2.06. The predicted molar refractivity (Wildman–Crippen MR) is 61.1 cm³/mol. The first kappa shape index (κ1) is 9.91. The number of halogens is 1. The minimum Gasteiger partial charge on any atom is -0.393 e. The van der Waals surface area contributed by atoms with Gasteiger partial charge >= 0.3 is 0 Å². The van der Waals surface area contributed by atoms with E-state index in [1.165, 1.54) is 0 Å². The number of aromatic nitrogens is 2. The molecular weight excluding hydrogens is 285 g/mol. The van der Waals surface area contributed by atoms with Crippen LogP contribution in [0, 0.1) is 3.57 Å². The van der Waals surface area contributed by atoms with Gasteiger partial charge in [-0.25, -0.2) is 0 Å². The molecule has 0 aromatic carbocycles. The molecule has 1 aromatic rings. The van der Waals surface area contributed by atoms with E-state index in [1.807, 2.05) is 24.0 Å². The summed E-state index contributed by atoms with van der Waals surface area (Å²) < 4.78 is 3.00. The lowest BCUT2D eigenvalue weighted by Crippen LogP contribution is -2.15. The standard InChI is InChI=1S/C7H10IN3S/c1-5(2-7(9)12)11-4-6(8)3-10-11/h3-5H,2H2,1H3,(H2,9,12). The lowest BCUT2D eigenvalue weighted by atomic mass is 10.2. The molecule has 0 amide bonds. The third-order valence-corrected chi connectivity index (χ3v) is 2.24. The minimum absolute atomic E-state index is 0.256. The molecule has 66 valence electrons. The summed E-state index contributed by atoms with van der Waals surface area (Å²) in [7, 11) is 0. The molecule has 3 nitrogen and oxygen atoms in total. The van der Waals surface area contributed by atoms with Gasteiger partial charge in [-0.1, -0.05) is 12.2 Å². The van der Waals surface area contributed by atoms with Crippen molar-refractivity contribution in [2.24, 2.45) is 5.73 Å². The molecule has 1 aromatic heterocycles. The van der Waals surface area contributed by atoms with E-state index in [4.69, 9.17) is 18.0 Å². The van der Waals surface area contributed by atoms with E-state index in [0.717, 1.165) is 3.57 Å². The molecule has 0 aliphatic rings. The molecule has 0 bridgehead atoms. The number of thiocarbonyl (C=S) groups is 1. The van der Waals surface area contributed by atoms with Crippen molar-refractivity contribution in [2.45, 2.75) is 19.4 Å². The van der Waals surface area contributed by atoms with Crippen LogP contribution in [0.4, 0.5) is 0 Å². The highest BCUT2D eigenvalue weighted by molar-refractivity contribution is 14.1. The zero-order chi connectivity index (χ0) is 9.14. The maximum Gasteiger partial charge on any atom is 0.0748 e. The molecule has 1 rings (SSSR count). The fourth-order valence-electron chi connectivity index (χ4n) is 0.941. The quantitative estimate of drug-likeness (QED) is 0.682. The van der Waals surface area contributed by atoms with Crippen molar-refractivity contribution < 1.29 is 0 Å². The van der Waals surface area contributed by atoms with Crippen LogP contribution in [-0.4, -0.2) is 14.8 Å². The van der Waals surface area contributed by atoms with Crippen molar-refractivity contribution in [1.29, 1.82) is 0 Å². The van der Waals surface area contributed by atoms with Crippen LogP contribution >= 0.6 is 34.8 Å². The van der Waals surface area contributed by atoms with Crippen LogP contribution in [0.5, 0.6) is 0 Å². The Labute approximate surface area is 90.5 Å². The summed E-state index contributed by atoms with van der Waals surface area (Å²) in [6.07, 6.45) is 4.49. The van der Waals surface area contributed by atoms with Crippen LogP contribution in [0.3, 0.4) is 0 Å². The molecule has 1 atom stereocenters. The van der Waals surface area contributed by atoms with Crippen LogP contribution in [0.25, 0.3) is 0 Å². The molecule has 5 heteroatoms. The van der Waals surface area contributed by atoms with E-state index >= 15 is 0 Å². The average molecular weight is 295 g/mol. The lowest BCUT2D eigenvalue weighted by Gasteiger charge is -2.09. The molecule has 0 fully saturated rings. The zero-order valence-corrected chi connectivity index (χ0v) is 9.67. The van der Waals surface area contributed by atoms with E-state index in [-0.39, 0.29) is 6.04 Å². The fraction of sp³-hybridized carbons (Fsp3) is 0.429. The van der Waals surface area contributed by atoms with Crippen molar-refractivity contribution in [3.05, 3.63) is 16.0 Å². The Balaban J connectivity index is 2.64. The summed E-state index contributed by atoms with van der Waals surface area (Å²) in [6, 6.07) is 0.256. The first-order valence-corrected chi connectivity index (χ1v) is 5.06. The maximum atomic E-state index is 5.43. The first-order valence-electron chi connectivity index (χ1n) is 3.57. The monoisotopic (exact) mass is 295 g/mol. The molecule has 0 aliphatic heterocycles. The largest absolute Gasteiger partial charge is 0.393 e. The van der Waals surface area contributed by atoms with Gasteiger partial charge in [0.1, 0.15) is 0 Å². The van der Waals surface area contributed by atoms with Crippen molar-refractivity contribution in [1.82, 2.24) is 9.78 Å². The molecular formula is C7H10IN3S. The van der Waals surface area contributed by atoms with E-state index in [0.29, 0.717) is 11.4 Å². The van der Waals surface area contributed by atoms with Crippen molar-refractivity contribution in [2.75, 3.05) is 0 Å². The van der Waals surface area contributed by atoms with Gasteiger partial charge in [0.15, 0.2) is 0 Å². The van der Waals surface area contributed by atoms with Crippen molar-refractivity contribution in [3.63, 3.8) is 0 Å². The van der Waals surface area contributed by atoms with Crippen LogP contribution in [0.2, 0.25) is 0 Å². The summed E-state index contributed by atoms with van der Waals surface area (Å²) in [5, 5.41) is 4.16. The molecule has 1 unspecified atom stereocenters. The van der Waals surface area contributed by atoms with Crippen LogP contribution in [-0.2, 0) is 0 Å². The summed E-state index contributed by atoms with van der Waals surface area (Å²) in [5.74, 6) is 0. The maximum absolute atomic E-state index is 5.43. The Morgan fingerprint density at radius 2 is 2.58 bits per heavy atom. The number of nitrogens with two attached hydrogens (primary N) is 1. The topological polar surface area (TPSA) is 43.8 Å². The number of rotatable bonds is 3. The molecule has 0 saturated carbocycles. The summed E-state index contributed by atoms with van der Waals surface area (Å²) >= 11 is 7.03. The van der Waals surface area contributed by atoms with Gasteiger partial charge in [0, 0.05) is 12.6 Å². The van der Waals surface area contributed by atoms with Crippen LogP contribution < -0.4 is 5.73 Å². The third-order valence-electron chi connectivity index (χ3n) is 1.52. The highest BCUT2D eigenvalue weighted by Crippen LogP contribution is 2.11. The SMILES string of the molecule is CC(CC(N)=S)n1cc(I)cn1. The van der Waals surface area contributed by atoms with E-state index in [1.54, 1.807) is 0 Å². The molecule has 2 N–H and O–H groups in total. The Morgan fingerprint density at radius 3 is 3.00 bits per heavy atom. The van der Waals surface area contributed by atoms with E-state index in [2.05, 4.69) is 27.7 Å². The van der Waals surface area contributed by atoms with Gasteiger partial charge in [-0.15, -0.1) is 0 Å². The Morgan fingerprint density at radius 1 is 1.92 bits per heavy atom. The Hall–Kier alpha value is -0.170. The van der Waals surface area contributed by atoms with Crippen LogP contribution in [0.1, 0.15) is 19.4 Å². The second-order valence-corrected chi connectivity index (χ2v) is 4.43. The van der Waals surface area contributed by atoms with Crippen molar-refractivity contribution >= 4 is 39.8 Å². The molecule has 0 spiro atoms. The first-order chi connectivity index (χ1) is 5.59. The zero-order valence-electron chi connectivity index (χ0n) is 6.70. The summed E-state index contributed by atoms with van der Waals surface area (Å²) in [6.45, 7) is 2.04. The van der Waals surface area contributed by atoms with Crippen LogP contribution in [0.15, 0.2) is 12.4 Å². The smallest absolute Gasteiger partial charge is 0.0748 e.